The lowest BCUT2D eigenvalue weighted by molar-refractivity contribution is -0.155. The highest BCUT2D eigenvalue weighted by atomic mass is 16.5. The van der Waals surface area contributed by atoms with Crippen molar-refractivity contribution in [2.75, 3.05) is 18.1 Å². The zero-order valence-electron chi connectivity index (χ0n) is 17.9. The van der Waals surface area contributed by atoms with Gasteiger partial charge in [-0.05, 0) is 50.7 Å². The molecule has 0 N–H and O–H groups in total. The second-order valence-corrected chi connectivity index (χ2v) is 8.23. The van der Waals surface area contributed by atoms with Crippen LogP contribution in [0.2, 0.25) is 0 Å². The number of fused-ring (bicyclic) bond motifs is 3. The smallest absolute Gasteiger partial charge is 0.320 e. The number of hydrogen-bond acceptors (Lipinski definition) is 4. The number of allylic oxidation sites excluding steroid dienone is 2. The number of carbonyl (C=O) groups excluding carboxylic acids is 2. The molecule has 1 amide bonds. The fourth-order valence-corrected chi connectivity index (χ4v) is 4.89. The van der Waals surface area contributed by atoms with Gasteiger partial charge in [0.15, 0.2) is 5.92 Å². The van der Waals surface area contributed by atoms with Crippen LogP contribution < -0.4 is 4.90 Å². The Morgan fingerprint density at radius 3 is 2.77 bits per heavy atom. The Labute approximate surface area is 177 Å². The molecule has 160 valence electrons. The van der Waals surface area contributed by atoms with E-state index in [2.05, 4.69) is 23.6 Å². The third kappa shape index (κ3) is 3.64. The predicted molar refractivity (Wildman–Crippen MR) is 117 cm³/mol. The van der Waals surface area contributed by atoms with Gasteiger partial charge in [-0.3, -0.25) is 14.5 Å². The highest BCUT2D eigenvalue weighted by Crippen LogP contribution is 2.44. The number of rotatable bonds is 7. The second-order valence-electron chi connectivity index (χ2n) is 8.23. The van der Waals surface area contributed by atoms with Crippen LogP contribution >= 0.6 is 0 Å². The molecule has 0 saturated carbocycles. The number of imidazole rings is 1. The lowest BCUT2D eigenvalue weighted by Gasteiger charge is -2.41. The van der Waals surface area contributed by atoms with Crippen LogP contribution in [0.15, 0.2) is 36.4 Å². The van der Waals surface area contributed by atoms with Crippen LogP contribution in [0.1, 0.15) is 58.4 Å². The third-order valence-corrected chi connectivity index (χ3v) is 6.31. The molecule has 2 aromatic rings. The minimum Gasteiger partial charge on any atom is -0.465 e. The van der Waals surface area contributed by atoms with Gasteiger partial charge in [0.25, 0.3) is 0 Å². The summed E-state index contributed by atoms with van der Waals surface area (Å²) in [7, 11) is 0. The molecule has 0 saturated heterocycles. The minimum atomic E-state index is -0.826. The molecule has 6 nitrogen and oxygen atoms in total. The van der Waals surface area contributed by atoms with E-state index < -0.39 is 11.9 Å². The van der Waals surface area contributed by atoms with Gasteiger partial charge in [-0.1, -0.05) is 44.1 Å². The van der Waals surface area contributed by atoms with Gasteiger partial charge in [0, 0.05) is 6.54 Å². The van der Waals surface area contributed by atoms with E-state index in [0.29, 0.717) is 12.5 Å². The molecule has 4 rings (SSSR count). The Morgan fingerprint density at radius 1 is 1.20 bits per heavy atom. The van der Waals surface area contributed by atoms with E-state index in [-0.39, 0.29) is 24.5 Å². The highest BCUT2D eigenvalue weighted by molar-refractivity contribution is 6.08. The van der Waals surface area contributed by atoms with Crippen LogP contribution in [0.5, 0.6) is 0 Å². The lowest BCUT2D eigenvalue weighted by atomic mass is 9.79. The van der Waals surface area contributed by atoms with Crippen LogP contribution in [-0.2, 0) is 14.3 Å². The van der Waals surface area contributed by atoms with Crippen molar-refractivity contribution >= 4 is 28.9 Å². The number of nitrogens with zero attached hydrogens (tertiary/aromatic N) is 3. The summed E-state index contributed by atoms with van der Waals surface area (Å²) in [5, 5.41) is 0. The van der Waals surface area contributed by atoms with Crippen molar-refractivity contribution in [2.24, 2.45) is 11.8 Å². The molecule has 6 heteroatoms. The maximum Gasteiger partial charge on any atom is 0.320 e. The molecule has 0 spiro atoms. The van der Waals surface area contributed by atoms with Gasteiger partial charge in [0.2, 0.25) is 11.9 Å². The van der Waals surface area contributed by atoms with Crippen LogP contribution in [0.4, 0.5) is 5.95 Å². The number of para-hydroxylation sites is 2. The van der Waals surface area contributed by atoms with Crippen molar-refractivity contribution in [2.45, 2.75) is 58.4 Å². The number of aromatic nitrogens is 2. The molecule has 2 heterocycles. The standard InChI is InChI=1S/C24H31N3O3/c1-3-5-11-16-26-22(28)20(23(29)30-4-2)21(17-12-7-6-8-13-17)27-19-15-10-9-14-18(19)25-24(26)27/h6-7,9-10,14-15,17,20-21H,3-5,8,11-13,16H2,1-2H3. The van der Waals surface area contributed by atoms with E-state index in [4.69, 9.17) is 9.72 Å². The molecule has 30 heavy (non-hydrogen) atoms. The normalized spacial score (nSPS) is 23.6. The Kier molecular flexibility index (Phi) is 6.21. The summed E-state index contributed by atoms with van der Waals surface area (Å²) >= 11 is 0. The van der Waals surface area contributed by atoms with Gasteiger partial charge < -0.3 is 9.30 Å². The summed E-state index contributed by atoms with van der Waals surface area (Å²) in [4.78, 5) is 33.3. The van der Waals surface area contributed by atoms with E-state index in [0.717, 1.165) is 49.6 Å². The maximum atomic E-state index is 13.7. The molecule has 0 bridgehead atoms. The lowest BCUT2D eigenvalue weighted by Crippen LogP contribution is -2.52. The van der Waals surface area contributed by atoms with Crippen molar-refractivity contribution in [3.63, 3.8) is 0 Å². The summed E-state index contributed by atoms with van der Waals surface area (Å²) in [6.07, 6.45) is 10.1. The number of hydrogen-bond donors (Lipinski definition) is 0. The third-order valence-electron chi connectivity index (χ3n) is 6.31. The van der Waals surface area contributed by atoms with Gasteiger partial charge in [0.05, 0.1) is 23.7 Å². The Hall–Kier alpha value is -2.63. The largest absolute Gasteiger partial charge is 0.465 e. The van der Waals surface area contributed by atoms with Gasteiger partial charge in [0.1, 0.15) is 0 Å². The molecule has 1 aromatic carbocycles. The van der Waals surface area contributed by atoms with Crippen molar-refractivity contribution in [1.29, 1.82) is 0 Å². The summed E-state index contributed by atoms with van der Waals surface area (Å²) in [5.41, 5.74) is 1.84. The molecule has 3 unspecified atom stereocenters. The van der Waals surface area contributed by atoms with E-state index in [1.807, 2.05) is 24.3 Å². The van der Waals surface area contributed by atoms with Crippen LogP contribution in [0, 0.1) is 11.8 Å². The van der Waals surface area contributed by atoms with Crippen molar-refractivity contribution < 1.29 is 14.3 Å². The maximum absolute atomic E-state index is 13.7. The molecule has 1 aliphatic heterocycles. The van der Waals surface area contributed by atoms with Crippen LogP contribution in [0.25, 0.3) is 11.0 Å². The summed E-state index contributed by atoms with van der Waals surface area (Å²) in [6, 6.07) is 7.70. The average molecular weight is 410 g/mol. The number of carbonyl (C=O) groups is 2. The number of esters is 1. The topological polar surface area (TPSA) is 64.4 Å². The summed E-state index contributed by atoms with van der Waals surface area (Å²) < 4.78 is 7.57. The van der Waals surface area contributed by atoms with Gasteiger partial charge in [-0.15, -0.1) is 0 Å². The number of amides is 1. The first-order valence-electron chi connectivity index (χ1n) is 11.3. The van der Waals surface area contributed by atoms with E-state index in [1.165, 1.54) is 0 Å². The number of ether oxygens (including phenoxy) is 1. The summed E-state index contributed by atoms with van der Waals surface area (Å²) in [6.45, 7) is 4.78. The number of unbranched alkanes of at least 4 members (excludes halogenated alkanes) is 2. The SMILES string of the molecule is CCCCCN1C(=O)C(C(=O)OCC)C(C2CC=CCC2)n2c1nc1ccccc12. The fourth-order valence-electron chi connectivity index (χ4n) is 4.89. The van der Waals surface area contributed by atoms with E-state index in [9.17, 15) is 9.59 Å². The first kappa shape index (κ1) is 20.6. The summed E-state index contributed by atoms with van der Waals surface area (Å²) in [5.74, 6) is -0.522. The fraction of sp³-hybridized carbons (Fsp3) is 0.542. The van der Waals surface area contributed by atoms with E-state index in [1.54, 1.807) is 11.8 Å². The first-order valence-corrected chi connectivity index (χ1v) is 11.3. The minimum absolute atomic E-state index is 0.160. The quantitative estimate of drug-likeness (QED) is 0.289. The van der Waals surface area contributed by atoms with Gasteiger partial charge in [-0.25, -0.2) is 4.98 Å². The molecular weight excluding hydrogens is 378 g/mol. The average Bonchev–Trinajstić information content (AvgIpc) is 3.14. The number of benzene rings is 1. The predicted octanol–water partition coefficient (Wildman–Crippen LogP) is 4.65. The van der Waals surface area contributed by atoms with Gasteiger partial charge in [-0.2, -0.15) is 0 Å². The molecule has 0 radical (unpaired) electrons. The van der Waals surface area contributed by atoms with Crippen molar-refractivity contribution in [1.82, 2.24) is 9.55 Å². The first-order chi connectivity index (χ1) is 14.7. The zero-order chi connectivity index (χ0) is 21.1. The van der Waals surface area contributed by atoms with Gasteiger partial charge >= 0.3 is 5.97 Å². The van der Waals surface area contributed by atoms with E-state index >= 15 is 0 Å². The Morgan fingerprint density at radius 2 is 2.03 bits per heavy atom. The molecule has 0 fully saturated rings. The zero-order valence-corrected chi connectivity index (χ0v) is 17.9. The molecule has 1 aliphatic carbocycles. The molecular formula is C24H31N3O3. The van der Waals surface area contributed by atoms with Crippen LogP contribution in [0.3, 0.4) is 0 Å². The second kappa shape index (κ2) is 9.02. The highest BCUT2D eigenvalue weighted by Gasteiger charge is 2.49. The Bertz CT molecular complexity index is 948. The van der Waals surface area contributed by atoms with Crippen molar-refractivity contribution in [3.8, 4) is 0 Å². The monoisotopic (exact) mass is 409 g/mol. The molecule has 3 atom stereocenters. The molecule has 2 aliphatic rings. The Balaban J connectivity index is 1.86. The van der Waals surface area contributed by atoms with Crippen molar-refractivity contribution in [3.05, 3.63) is 36.4 Å². The number of anilines is 1. The molecule has 1 aromatic heterocycles. The van der Waals surface area contributed by atoms with Crippen LogP contribution in [-0.4, -0.2) is 34.6 Å².